The Bertz CT molecular complexity index is 1130. The van der Waals surface area contributed by atoms with Crippen LogP contribution in [0.2, 0.25) is 0 Å². The van der Waals surface area contributed by atoms with Crippen molar-refractivity contribution in [3.05, 3.63) is 0 Å². The minimum atomic E-state index is -1.28. The van der Waals surface area contributed by atoms with Crippen molar-refractivity contribution in [1.82, 2.24) is 0 Å². The first-order valence-electron chi connectivity index (χ1n) is 16.9. The number of carbonyl (C=O) groups is 1. The van der Waals surface area contributed by atoms with Gasteiger partial charge in [0.2, 0.25) is 0 Å². The molecule has 5 aliphatic carbocycles. The molecule has 5 saturated carbocycles. The Labute approximate surface area is 256 Å². The van der Waals surface area contributed by atoms with Gasteiger partial charge >= 0.3 is 5.97 Å². The molecule has 2 heterocycles. The summed E-state index contributed by atoms with van der Waals surface area (Å²) in [4.78, 5) is 11.5. The molecule has 9 nitrogen and oxygen atoms in total. The Hall–Kier alpha value is -0.810. The molecule has 43 heavy (non-hydrogen) atoms. The molecule has 0 aromatic carbocycles. The van der Waals surface area contributed by atoms with Crippen LogP contribution in [0.25, 0.3) is 0 Å². The van der Waals surface area contributed by atoms with Gasteiger partial charge < -0.3 is 39.4 Å². The van der Waals surface area contributed by atoms with E-state index in [1.54, 1.807) is 0 Å². The van der Waals surface area contributed by atoms with Crippen molar-refractivity contribution >= 4 is 5.97 Å². The van der Waals surface area contributed by atoms with Gasteiger partial charge in [-0.1, -0.05) is 34.6 Å². The average Bonchev–Trinajstić information content (AvgIpc) is 3.58. The third kappa shape index (κ3) is 3.91. The highest BCUT2D eigenvalue weighted by Crippen LogP contribution is 2.89. The van der Waals surface area contributed by atoms with Gasteiger partial charge in [-0.2, -0.15) is 0 Å². The summed E-state index contributed by atoms with van der Waals surface area (Å²) >= 11 is 0. The molecule has 4 N–H and O–H groups in total. The molecule has 0 aromatic heterocycles. The quantitative estimate of drug-likeness (QED) is 0.281. The molecule has 2 saturated heterocycles. The number of ether oxygens (including phenoxy) is 4. The molecule has 7 fully saturated rings. The highest BCUT2D eigenvalue weighted by atomic mass is 16.7. The first-order valence-corrected chi connectivity index (χ1v) is 16.9. The van der Waals surface area contributed by atoms with Crippen LogP contribution in [-0.4, -0.2) is 88.6 Å². The molecule has 244 valence electrons. The van der Waals surface area contributed by atoms with Crippen LogP contribution in [0.5, 0.6) is 0 Å². The Balaban J connectivity index is 1.13. The fraction of sp³-hybridized carbons (Fsp3) is 0.971. The van der Waals surface area contributed by atoms with E-state index in [9.17, 15) is 25.2 Å². The highest BCUT2D eigenvalue weighted by molar-refractivity contribution is 5.65. The number of fused-ring (bicyclic) bond motifs is 4. The van der Waals surface area contributed by atoms with Gasteiger partial charge in [0.05, 0.1) is 31.0 Å². The van der Waals surface area contributed by atoms with E-state index in [2.05, 4.69) is 34.6 Å². The Morgan fingerprint density at radius 3 is 2.35 bits per heavy atom. The minimum Gasteiger partial charge on any atom is -0.463 e. The van der Waals surface area contributed by atoms with E-state index in [0.29, 0.717) is 17.8 Å². The maximum absolute atomic E-state index is 12.3. The van der Waals surface area contributed by atoms with E-state index in [-0.39, 0.29) is 70.5 Å². The lowest BCUT2D eigenvalue weighted by Crippen LogP contribution is -2.61. The van der Waals surface area contributed by atoms with Crippen molar-refractivity contribution in [2.24, 2.45) is 50.7 Å². The molecule has 0 bridgehead atoms. The predicted molar refractivity (Wildman–Crippen MR) is 155 cm³/mol. The van der Waals surface area contributed by atoms with Crippen molar-refractivity contribution in [3.63, 3.8) is 0 Å². The van der Waals surface area contributed by atoms with E-state index < -0.39 is 30.7 Å². The van der Waals surface area contributed by atoms with Crippen LogP contribution in [0.4, 0.5) is 0 Å². The molecule has 2 aliphatic heterocycles. The molecular weight excluding hydrogens is 552 g/mol. The van der Waals surface area contributed by atoms with Crippen LogP contribution >= 0.6 is 0 Å². The summed E-state index contributed by atoms with van der Waals surface area (Å²) < 4.78 is 24.1. The van der Waals surface area contributed by atoms with E-state index >= 15 is 0 Å². The first kappa shape index (κ1) is 30.8. The third-order valence-corrected chi connectivity index (χ3v) is 15.0. The smallest absolute Gasteiger partial charge is 0.302 e. The molecule has 7 rings (SSSR count). The van der Waals surface area contributed by atoms with E-state index in [4.69, 9.17) is 18.9 Å². The summed E-state index contributed by atoms with van der Waals surface area (Å²) in [5.41, 5.74) is 0.00714. The Morgan fingerprint density at radius 2 is 1.63 bits per heavy atom. The minimum absolute atomic E-state index is 0.0227. The number of aliphatic hydroxyl groups is 4. The molecule has 0 radical (unpaired) electrons. The van der Waals surface area contributed by atoms with Crippen molar-refractivity contribution in [2.75, 3.05) is 13.2 Å². The lowest BCUT2D eigenvalue weighted by atomic mass is 9.41. The van der Waals surface area contributed by atoms with Crippen LogP contribution in [0.15, 0.2) is 0 Å². The van der Waals surface area contributed by atoms with Gasteiger partial charge in [0, 0.05) is 12.3 Å². The van der Waals surface area contributed by atoms with Gasteiger partial charge in [0.25, 0.3) is 0 Å². The Kier molecular flexibility index (Phi) is 7.06. The van der Waals surface area contributed by atoms with Gasteiger partial charge in [-0.05, 0) is 96.7 Å². The normalized spacial score (nSPS) is 58.3. The average molecular weight is 607 g/mol. The second-order valence-electron chi connectivity index (χ2n) is 16.8. The van der Waals surface area contributed by atoms with Crippen LogP contribution in [-0.2, 0) is 23.7 Å². The number of aliphatic hydroxyl groups excluding tert-OH is 4. The molecule has 0 aromatic rings. The SMILES string of the molecule is CC(=O)OCC1CC(C)C2C(O1)C(O)C1(C)C3CCC4C(C)(C)C(OC5OCC(O)C(O)C5O)CCC45CC35CCC21C. The number of rotatable bonds is 4. The second kappa shape index (κ2) is 9.85. The van der Waals surface area contributed by atoms with E-state index in [0.717, 1.165) is 38.5 Å². The summed E-state index contributed by atoms with van der Waals surface area (Å²) in [7, 11) is 0. The van der Waals surface area contributed by atoms with Crippen molar-refractivity contribution in [3.8, 4) is 0 Å². The van der Waals surface area contributed by atoms with Gasteiger partial charge in [-0.3, -0.25) is 4.79 Å². The third-order valence-electron chi connectivity index (χ3n) is 15.0. The van der Waals surface area contributed by atoms with Crippen LogP contribution in [0, 0.1) is 50.7 Å². The molecular formula is C34H54O9. The molecule has 16 atom stereocenters. The first-order chi connectivity index (χ1) is 20.1. The number of hydrogen-bond donors (Lipinski definition) is 4. The van der Waals surface area contributed by atoms with Crippen LogP contribution in [0.3, 0.4) is 0 Å². The zero-order valence-corrected chi connectivity index (χ0v) is 26.8. The fourth-order valence-electron chi connectivity index (χ4n) is 13.0. The Morgan fingerprint density at radius 1 is 0.930 bits per heavy atom. The topological polar surface area (TPSA) is 135 Å². The molecule has 7 aliphatic rings. The number of carbonyl (C=O) groups excluding carboxylic acids is 1. The lowest BCUT2D eigenvalue weighted by molar-refractivity contribution is -0.303. The zero-order valence-electron chi connectivity index (χ0n) is 26.8. The number of esters is 1. The van der Waals surface area contributed by atoms with Gasteiger partial charge in [-0.25, -0.2) is 0 Å². The highest BCUT2D eigenvalue weighted by Gasteiger charge is 2.84. The van der Waals surface area contributed by atoms with E-state index in [1.807, 2.05) is 0 Å². The fourth-order valence-corrected chi connectivity index (χ4v) is 13.0. The summed E-state index contributed by atoms with van der Waals surface area (Å²) in [6, 6.07) is 0. The summed E-state index contributed by atoms with van der Waals surface area (Å²) in [6.07, 6.45) is 2.72. The largest absolute Gasteiger partial charge is 0.463 e. The van der Waals surface area contributed by atoms with Gasteiger partial charge in [0.15, 0.2) is 6.29 Å². The zero-order chi connectivity index (χ0) is 30.9. The molecule has 0 amide bonds. The van der Waals surface area contributed by atoms with E-state index in [1.165, 1.54) is 19.8 Å². The van der Waals surface area contributed by atoms with Crippen LogP contribution in [0.1, 0.15) is 92.9 Å². The van der Waals surface area contributed by atoms with Crippen molar-refractivity contribution < 1.29 is 44.2 Å². The molecule has 2 spiro atoms. The van der Waals surface area contributed by atoms with Crippen LogP contribution < -0.4 is 0 Å². The van der Waals surface area contributed by atoms with Crippen molar-refractivity contribution in [1.29, 1.82) is 0 Å². The monoisotopic (exact) mass is 606 g/mol. The maximum atomic E-state index is 12.3. The van der Waals surface area contributed by atoms with Gasteiger partial charge in [-0.15, -0.1) is 0 Å². The van der Waals surface area contributed by atoms with Gasteiger partial charge in [0.1, 0.15) is 24.9 Å². The van der Waals surface area contributed by atoms with Crippen molar-refractivity contribution in [2.45, 2.75) is 142 Å². The summed E-state index contributed by atoms with van der Waals surface area (Å²) in [6.45, 7) is 13.4. The maximum Gasteiger partial charge on any atom is 0.302 e. The second-order valence-corrected chi connectivity index (χ2v) is 16.8. The molecule has 16 unspecified atom stereocenters. The number of hydrogen-bond acceptors (Lipinski definition) is 9. The lowest BCUT2D eigenvalue weighted by Gasteiger charge is -2.64. The molecule has 9 heteroatoms. The summed E-state index contributed by atoms with van der Waals surface area (Å²) in [5.74, 6) is 1.25. The standard InChI is InChI=1S/C34H54O9/c1-17-13-19(14-40-18(2)35)42-27-24(17)31(5)11-12-34-16-33(34)10-9-23(43-29-26(38)25(37)20(36)15-41-29)30(3,4)21(33)7-8-22(34)32(31,6)28(27)39/h17,19-29,36-39H,7-16H2,1-6H3. The predicted octanol–water partition coefficient (Wildman–Crippen LogP) is 3.19. The summed E-state index contributed by atoms with van der Waals surface area (Å²) in [5, 5.41) is 43.0.